The van der Waals surface area contributed by atoms with Crippen LogP contribution in [0.25, 0.3) is 16.7 Å². The zero-order chi connectivity index (χ0) is 19.8. The smallest absolute Gasteiger partial charge is 0.147 e. The molecule has 0 bridgehead atoms. The van der Waals surface area contributed by atoms with E-state index in [0.29, 0.717) is 6.04 Å². The zero-order valence-electron chi connectivity index (χ0n) is 17.8. The van der Waals surface area contributed by atoms with Crippen LogP contribution < -0.4 is 4.90 Å². The van der Waals surface area contributed by atoms with E-state index in [1.165, 1.54) is 47.9 Å². The van der Waals surface area contributed by atoms with Crippen molar-refractivity contribution in [3.8, 4) is 5.69 Å². The molecule has 0 saturated carbocycles. The first-order chi connectivity index (χ1) is 13.5. The summed E-state index contributed by atoms with van der Waals surface area (Å²) >= 11 is 6.61. The highest BCUT2D eigenvalue weighted by Crippen LogP contribution is 2.39. The van der Waals surface area contributed by atoms with E-state index in [9.17, 15) is 0 Å². The number of rotatable bonds is 6. The average molecular weight is 432 g/mol. The van der Waals surface area contributed by atoms with E-state index in [-0.39, 0.29) is 12.4 Å². The van der Waals surface area contributed by atoms with E-state index in [4.69, 9.17) is 16.6 Å². The van der Waals surface area contributed by atoms with E-state index in [2.05, 4.69) is 61.6 Å². The molecule has 156 valence electrons. The van der Waals surface area contributed by atoms with Gasteiger partial charge in [0.25, 0.3) is 0 Å². The second-order valence-corrected chi connectivity index (χ2v) is 8.54. The molecule has 1 aromatic carbocycles. The lowest BCUT2D eigenvalue weighted by molar-refractivity contribution is 0.502. The van der Waals surface area contributed by atoms with Gasteiger partial charge < -0.3 is 4.90 Å². The van der Waals surface area contributed by atoms with Gasteiger partial charge >= 0.3 is 0 Å². The highest BCUT2D eigenvalue weighted by molar-refractivity contribution is 6.32. The SMILES string of the molecule is CCCC(CCC)N1CCc2cn(-c3ccc(C)cc3Cl)c3nc(C)cc1c23.Cl. The number of halogens is 2. The minimum atomic E-state index is 0. The summed E-state index contributed by atoms with van der Waals surface area (Å²) in [7, 11) is 0. The molecule has 3 heterocycles. The predicted molar refractivity (Wildman–Crippen MR) is 127 cm³/mol. The van der Waals surface area contributed by atoms with E-state index >= 15 is 0 Å². The summed E-state index contributed by atoms with van der Waals surface area (Å²) < 4.78 is 2.20. The van der Waals surface area contributed by atoms with Crippen LogP contribution in [0, 0.1) is 13.8 Å². The first kappa shape index (κ1) is 22.0. The van der Waals surface area contributed by atoms with Gasteiger partial charge in [-0.2, -0.15) is 0 Å². The van der Waals surface area contributed by atoms with Crippen LogP contribution in [-0.2, 0) is 6.42 Å². The van der Waals surface area contributed by atoms with E-state index in [0.717, 1.165) is 35.0 Å². The quantitative estimate of drug-likeness (QED) is 0.416. The molecule has 0 unspecified atom stereocenters. The van der Waals surface area contributed by atoms with Crippen molar-refractivity contribution >= 4 is 40.7 Å². The molecule has 1 aliphatic rings. The van der Waals surface area contributed by atoms with Crippen molar-refractivity contribution in [2.24, 2.45) is 0 Å². The lowest BCUT2D eigenvalue weighted by Gasteiger charge is -2.37. The summed E-state index contributed by atoms with van der Waals surface area (Å²) in [6.07, 6.45) is 8.26. The molecule has 0 radical (unpaired) electrons. The number of anilines is 1. The third-order valence-electron chi connectivity index (χ3n) is 5.92. The normalized spacial score (nSPS) is 13.2. The van der Waals surface area contributed by atoms with Gasteiger partial charge in [0.15, 0.2) is 0 Å². The summed E-state index contributed by atoms with van der Waals surface area (Å²) in [6.45, 7) is 9.85. The van der Waals surface area contributed by atoms with Crippen molar-refractivity contribution in [1.82, 2.24) is 9.55 Å². The third-order valence-corrected chi connectivity index (χ3v) is 6.22. The molecule has 3 nitrogen and oxygen atoms in total. The Hall–Kier alpha value is -1.71. The highest BCUT2D eigenvalue weighted by Gasteiger charge is 2.28. The molecule has 0 amide bonds. The van der Waals surface area contributed by atoms with Crippen molar-refractivity contribution in [2.45, 2.75) is 65.8 Å². The molecule has 0 N–H and O–H groups in total. The summed E-state index contributed by atoms with van der Waals surface area (Å²) in [5.74, 6) is 0. The van der Waals surface area contributed by atoms with E-state index < -0.39 is 0 Å². The predicted octanol–water partition coefficient (Wildman–Crippen LogP) is 7.05. The molecular weight excluding hydrogens is 401 g/mol. The topological polar surface area (TPSA) is 21.1 Å². The van der Waals surface area contributed by atoms with Gasteiger partial charge in [-0.05, 0) is 62.4 Å². The molecule has 4 rings (SSSR count). The maximum atomic E-state index is 6.61. The van der Waals surface area contributed by atoms with Crippen LogP contribution in [0.15, 0.2) is 30.5 Å². The van der Waals surface area contributed by atoms with Crippen molar-refractivity contribution in [3.63, 3.8) is 0 Å². The van der Waals surface area contributed by atoms with Gasteiger partial charge in [0.2, 0.25) is 0 Å². The van der Waals surface area contributed by atoms with E-state index in [1.807, 2.05) is 6.07 Å². The van der Waals surface area contributed by atoms with Crippen LogP contribution in [0.5, 0.6) is 0 Å². The molecule has 3 aromatic rings. The Morgan fingerprint density at radius 3 is 2.45 bits per heavy atom. The van der Waals surface area contributed by atoms with Gasteiger partial charge in [-0.3, -0.25) is 4.57 Å². The van der Waals surface area contributed by atoms with Crippen LogP contribution in [0.2, 0.25) is 5.02 Å². The van der Waals surface area contributed by atoms with Crippen molar-refractivity contribution < 1.29 is 0 Å². The molecule has 5 heteroatoms. The summed E-state index contributed by atoms with van der Waals surface area (Å²) in [5, 5.41) is 2.09. The van der Waals surface area contributed by atoms with Gasteiger partial charge in [-0.15, -0.1) is 12.4 Å². The van der Waals surface area contributed by atoms with Gasteiger partial charge in [0.05, 0.1) is 16.4 Å². The van der Waals surface area contributed by atoms with Crippen LogP contribution >= 0.6 is 24.0 Å². The number of pyridine rings is 1. The van der Waals surface area contributed by atoms with Gasteiger partial charge in [0.1, 0.15) is 5.65 Å². The fraction of sp³-hybridized carbons (Fsp3) is 0.458. The molecule has 0 saturated heterocycles. The molecule has 0 fully saturated rings. The number of nitrogens with zero attached hydrogens (tertiary/aromatic N) is 3. The zero-order valence-corrected chi connectivity index (χ0v) is 19.4. The Morgan fingerprint density at radius 2 is 1.79 bits per heavy atom. The van der Waals surface area contributed by atoms with Crippen LogP contribution in [0.1, 0.15) is 56.4 Å². The number of aromatic nitrogens is 2. The number of hydrogen-bond acceptors (Lipinski definition) is 2. The van der Waals surface area contributed by atoms with Crippen LogP contribution in [-0.4, -0.2) is 22.1 Å². The summed E-state index contributed by atoms with van der Waals surface area (Å²) in [4.78, 5) is 7.59. The lowest BCUT2D eigenvalue weighted by Crippen LogP contribution is -2.38. The fourth-order valence-corrected chi connectivity index (χ4v) is 5.00. The first-order valence-corrected chi connectivity index (χ1v) is 11.0. The number of aryl methyl sites for hydroxylation is 2. The second kappa shape index (κ2) is 8.97. The van der Waals surface area contributed by atoms with Gasteiger partial charge in [0, 0.05) is 29.9 Å². The maximum Gasteiger partial charge on any atom is 0.147 e. The molecule has 0 spiro atoms. The van der Waals surface area contributed by atoms with Crippen LogP contribution in [0.4, 0.5) is 5.69 Å². The number of benzene rings is 1. The Balaban J connectivity index is 0.00000240. The lowest BCUT2D eigenvalue weighted by atomic mass is 9.98. The Bertz CT molecular complexity index is 1000. The minimum absolute atomic E-state index is 0. The molecule has 0 aliphatic carbocycles. The Labute approximate surface area is 185 Å². The van der Waals surface area contributed by atoms with E-state index in [1.54, 1.807) is 0 Å². The average Bonchev–Trinajstić information content (AvgIpc) is 3.01. The van der Waals surface area contributed by atoms with Gasteiger partial charge in [-0.25, -0.2) is 4.98 Å². The standard InChI is InChI=1S/C24H30ClN3.ClH/c1-5-7-19(8-6-2)27-12-11-18-15-28(21-10-9-16(3)13-20(21)25)24-23(18)22(27)14-17(4)26-24;/h9-10,13-15,19H,5-8,11-12H2,1-4H3;1H. The minimum Gasteiger partial charge on any atom is -0.368 e. The Morgan fingerprint density at radius 1 is 1.07 bits per heavy atom. The molecule has 1 aliphatic heterocycles. The second-order valence-electron chi connectivity index (χ2n) is 8.14. The van der Waals surface area contributed by atoms with Crippen LogP contribution in [0.3, 0.4) is 0 Å². The third kappa shape index (κ3) is 4.00. The Kier molecular flexibility index (Phi) is 6.80. The monoisotopic (exact) mass is 431 g/mol. The molecule has 29 heavy (non-hydrogen) atoms. The van der Waals surface area contributed by atoms with Crippen molar-refractivity contribution in [2.75, 3.05) is 11.4 Å². The molecular formula is C24H31Cl2N3. The number of hydrogen-bond donors (Lipinski definition) is 0. The first-order valence-electron chi connectivity index (χ1n) is 10.6. The van der Waals surface area contributed by atoms with Crippen molar-refractivity contribution in [3.05, 3.63) is 52.3 Å². The van der Waals surface area contributed by atoms with Gasteiger partial charge in [-0.1, -0.05) is 44.4 Å². The summed E-state index contributed by atoms with van der Waals surface area (Å²) in [6, 6.07) is 9.15. The molecule has 0 atom stereocenters. The largest absolute Gasteiger partial charge is 0.368 e. The van der Waals surface area contributed by atoms with Crippen molar-refractivity contribution in [1.29, 1.82) is 0 Å². The fourth-order valence-electron chi connectivity index (χ4n) is 4.67. The molecule has 2 aromatic heterocycles. The summed E-state index contributed by atoms with van der Waals surface area (Å²) in [5.41, 5.74) is 7.03. The maximum absolute atomic E-state index is 6.61. The highest BCUT2D eigenvalue weighted by atomic mass is 35.5.